The molecule has 0 heterocycles. The molecule has 0 aliphatic heterocycles. The summed E-state index contributed by atoms with van der Waals surface area (Å²) in [5.41, 5.74) is 2.43. The van der Waals surface area contributed by atoms with E-state index >= 15 is 0 Å². The van der Waals surface area contributed by atoms with Gasteiger partial charge >= 0.3 is 0 Å². The number of ether oxygens (including phenoxy) is 1. The molecule has 1 N–H and O–H groups in total. The van der Waals surface area contributed by atoms with Crippen LogP contribution in [0.4, 0.5) is 5.69 Å². The van der Waals surface area contributed by atoms with E-state index in [1.165, 1.54) is 17.0 Å². The third kappa shape index (κ3) is 9.60. The van der Waals surface area contributed by atoms with Crippen LogP contribution in [0.15, 0.2) is 144 Å². The molecule has 0 aliphatic rings. The Bertz CT molecular complexity index is 1960. The highest BCUT2D eigenvalue weighted by molar-refractivity contribution is 7.92. The van der Waals surface area contributed by atoms with Gasteiger partial charge in [0.1, 0.15) is 24.1 Å². The van der Waals surface area contributed by atoms with Crippen molar-refractivity contribution in [2.75, 3.05) is 10.8 Å². The maximum atomic E-state index is 14.7. The predicted molar refractivity (Wildman–Crippen MR) is 197 cm³/mol. The van der Waals surface area contributed by atoms with Crippen LogP contribution in [0.1, 0.15) is 37.5 Å². The molecule has 0 saturated carbocycles. The molecule has 0 radical (unpaired) electrons. The smallest absolute Gasteiger partial charge is 0.264 e. The Kier molecular flexibility index (Phi) is 11.4. The van der Waals surface area contributed by atoms with Crippen molar-refractivity contribution in [1.29, 1.82) is 0 Å². The topological polar surface area (TPSA) is 96.0 Å². The molecule has 8 nitrogen and oxygen atoms in total. The summed E-state index contributed by atoms with van der Waals surface area (Å²) in [6.45, 7) is 7.18. The summed E-state index contributed by atoms with van der Waals surface area (Å²) in [5.74, 6) is 0.279. The van der Waals surface area contributed by atoms with Gasteiger partial charge in [-0.2, -0.15) is 0 Å². The average Bonchev–Trinajstić information content (AvgIpc) is 3.10. The van der Waals surface area contributed by atoms with Gasteiger partial charge in [0.15, 0.2) is 0 Å². The summed E-state index contributed by atoms with van der Waals surface area (Å²) in [7, 11) is -4.22. The number of benzene rings is 5. The van der Waals surface area contributed by atoms with Crippen molar-refractivity contribution in [3.8, 4) is 11.5 Å². The molecule has 0 fully saturated rings. The fourth-order valence-electron chi connectivity index (χ4n) is 5.45. The van der Waals surface area contributed by atoms with Gasteiger partial charge < -0.3 is 15.0 Å². The molecule has 50 heavy (non-hydrogen) atoms. The fourth-order valence-corrected chi connectivity index (χ4v) is 6.89. The number of nitrogens with zero attached hydrogens (tertiary/aromatic N) is 2. The van der Waals surface area contributed by atoms with Crippen LogP contribution in [-0.4, -0.2) is 43.3 Å². The van der Waals surface area contributed by atoms with E-state index in [2.05, 4.69) is 5.32 Å². The second-order valence-electron chi connectivity index (χ2n) is 13.2. The van der Waals surface area contributed by atoms with Gasteiger partial charge in [-0.15, -0.1) is 0 Å². The lowest BCUT2D eigenvalue weighted by atomic mass is 10.0. The number of nitrogens with one attached hydrogen (secondary N) is 1. The van der Waals surface area contributed by atoms with Gasteiger partial charge in [-0.05, 0) is 87.4 Å². The zero-order valence-corrected chi connectivity index (χ0v) is 29.6. The molecule has 0 unspecified atom stereocenters. The Morgan fingerprint density at radius 1 is 0.700 bits per heavy atom. The first-order valence-electron chi connectivity index (χ1n) is 16.5. The van der Waals surface area contributed by atoms with Crippen LogP contribution in [0.25, 0.3) is 0 Å². The lowest BCUT2D eigenvalue weighted by Gasteiger charge is -2.35. The minimum absolute atomic E-state index is 0.0359. The summed E-state index contributed by atoms with van der Waals surface area (Å²) in [6.07, 6.45) is 0.233. The van der Waals surface area contributed by atoms with Gasteiger partial charge in [-0.1, -0.05) is 96.6 Å². The number of amides is 2. The number of carbonyl (C=O) groups is 2. The first kappa shape index (κ1) is 35.9. The lowest BCUT2D eigenvalue weighted by Crippen LogP contribution is -2.56. The average molecular weight is 690 g/mol. The van der Waals surface area contributed by atoms with E-state index in [9.17, 15) is 18.0 Å². The molecule has 5 rings (SSSR count). The number of hydrogen-bond donors (Lipinski definition) is 1. The van der Waals surface area contributed by atoms with Crippen molar-refractivity contribution in [3.63, 3.8) is 0 Å². The van der Waals surface area contributed by atoms with Crippen molar-refractivity contribution >= 4 is 27.5 Å². The number of anilines is 1. The SMILES string of the molecule is Cc1ccc(CN(C(=O)CN(c2ccc(Oc3ccccc3)cc2)S(=O)(=O)c2ccccc2)[C@H](Cc2ccccc2)C(=O)NC(C)(C)C)cc1. The van der Waals surface area contributed by atoms with Gasteiger partial charge in [-0.3, -0.25) is 13.9 Å². The lowest BCUT2D eigenvalue weighted by molar-refractivity contribution is -0.140. The highest BCUT2D eigenvalue weighted by Crippen LogP contribution is 2.29. The van der Waals surface area contributed by atoms with E-state index in [1.807, 2.05) is 113 Å². The normalized spacial score (nSPS) is 12.1. The van der Waals surface area contributed by atoms with Crippen LogP contribution in [0, 0.1) is 6.92 Å². The number of carbonyl (C=O) groups excluding carboxylic acids is 2. The predicted octanol–water partition coefficient (Wildman–Crippen LogP) is 7.54. The summed E-state index contributed by atoms with van der Waals surface area (Å²) in [6, 6.07) is 40.1. The van der Waals surface area contributed by atoms with E-state index < -0.39 is 34.1 Å². The van der Waals surface area contributed by atoms with Crippen LogP contribution in [0.3, 0.4) is 0 Å². The van der Waals surface area contributed by atoms with E-state index in [0.717, 1.165) is 21.0 Å². The Morgan fingerprint density at radius 2 is 1.24 bits per heavy atom. The van der Waals surface area contributed by atoms with Crippen LogP contribution in [-0.2, 0) is 32.6 Å². The van der Waals surface area contributed by atoms with E-state index in [0.29, 0.717) is 11.5 Å². The maximum Gasteiger partial charge on any atom is 0.264 e. The number of sulfonamides is 1. The highest BCUT2D eigenvalue weighted by Gasteiger charge is 2.35. The quantitative estimate of drug-likeness (QED) is 0.138. The van der Waals surface area contributed by atoms with Crippen molar-refractivity contribution in [2.24, 2.45) is 0 Å². The van der Waals surface area contributed by atoms with Gasteiger partial charge in [0.2, 0.25) is 11.8 Å². The van der Waals surface area contributed by atoms with Gasteiger partial charge in [-0.25, -0.2) is 8.42 Å². The molecular weight excluding hydrogens is 647 g/mol. The molecular formula is C41H43N3O5S. The summed E-state index contributed by atoms with van der Waals surface area (Å²) in [4.78, 5) is 30.3. The van der Waals surface area contributed by atoms with Crippen molar-refractivity contribution in [2.45, 2.75) is 57.1 Å². The third-order valence-electron chi connectivity index (χ3n) is 7.96. The van der Waals surface area contributed by atoms with Crippen LogP contribution >= 0.6 is 0 Å². The zero-order chi connectivity index (χ0) is 35.7. The number of para-hydroxylation sites is 1. The summed E-state index contributed by atoms with van der Waals surface area (Å²) >= 11 is 0. The summed E-state index contributed by atoms with van der Waals surface area (Å²) in [5, 5.41) is 3.06. The Hall–Kier alpha value is -5.41. The highest BCUT2D eigenvalue weighted by atomic mass is 32.2. The van der Waals surface area contributed by atoms with E-state index in [4.69, 9.17) is 4.74 Å². The second-order valence-corrected chi connectivity index (χ2v) is 15.0. The molecule has 5 aromatic carbocycles. The standard InChI is InChI=1S/C41H43N3O5S/c1-31-20-22-33(23-21-31)29-43(38(40(46)42-41(2,3)4)28-32-14-8-5-9-15-32)39(45)30-44(50(47,48)37-18-12-7-13-19-37)34-24-26-36(27-25-34)49-35-16-10-6-11-17-35/h5-27,38H,28-30H2,1-4H3,(H,42,46)/t38-/m1/s1. The number of rotatable bonds is 13. The first-order chi connectivity index (χ1) is 23.9. The second kappa shape index (κ2) is 15.9. The molecule has 0 aromatic heterocycles. The molecule has 2 amide bonds. The minimum Gasteiger partial charge on any atom is -0.457 e. The monoisotopic (exact) mass is 689 g/mol. The fraction of sp³-hybridized carbons (Fsp3) is 0.220. The molecule has 0 spiro atoms. The van der Waals surface area contributed by atoms with Gasteiger partial charge in [0.05, 0.1) is 10.6 Å². The zero-order valence-electron chi connectivity index (χ0n) is 28.8. The molecule has 1 atom stereocenters. The number of aryl methyl sites for hydroxylation is 1. The van der Waals surface area contributed by atoms with Crippen molar-refractivity contribution in [3.05, 3.63) is 156 Å². The van der Waals surface area contributed by atoms with Crippen molar-refractivity contribution in [1.82, 2.24) is 10.2 Å². The van der Waals surface area contributed by atoms with E-state index in [-0.39, 0.29) is 29.5 Å². The largest absolute Gasteiger partial charge is 0.457 e. The molecule has 5 aromatic rings. The van der Waals surface area contributed by atoms with Crippen LogP contribution in [0.5, 0.6) is 11.5 Å². The molecule has 0 bridgehead atoms. The Morgan fingerprint density at radius 3 is 1.82 bits per heavy atom. The summed E-state index contributed by atoms with van der Waals surface area (Å²) < 4.78 is 35.6. The van der Waals surface area contributed by atoms with Crippen LogP contribution < -0.4 is 14.4 Å². The van der Waals surface area contributed by atoms with Crippen molar-refractivity contribution < 1.29 is 22.7 Å². The molecule has 9 heteroatoms. The molecule has 0 saturated heterocycles. The van der Waals surface area contributed by atoms with E-state index in [1.54, 1.807) is 42.5 Å². The van der Waals surface area contributed by atoms with Gasteiger partial charge in [0.25, 0.3) is 10.0 Å². The Labute approximate surface area is 295 Å². The van der Waals surface area contributed by atoms with Gasteiger partial charge in [0, 0.05) is 18.5 Å². The van der Waals surface area contributed by atoms with Crippen LogP contribution in [0.2, 0.25) is 0 Å². The first-order valence-corrected chi connectivity index (χ1v) is 17.9. The Balaban J connectivity index is 1.56. The molecule has 0 aliphatic carbocycles. The maximum absolute atomic E-state index is 14.7. The number of hydrogen-bond acceptors (Lipinski definition) is 5. The molecule has 258 valence electrons. The minimum atomic E-state index is -4.22. The third-order valence-corrected chi connectivity index (χ3v) is 9.74.